The van der Waals surface area contributed by atoms with Crippen LogP contribution in [0.4, 0.5) is 17.1 Å². The van der Waals surface area contributed by atoms with E-state index in [0.29, 0.717) is 0 Å². The second-order valence-corrected chi connectivity index (χ2v) is 17.1. The van der Waals surface area contributed by atoms with E-state index >= 15 is 0 Å². The Kier molecular flexibility index (Phi) is 8.76. The lowest BCUT2D eigenvalue weighted by Crippen LogP contribution is -2.10. The van der Waals surface area contributed by atoms with Crippen LogP contribution in [0, 0.1) is 0 Å². The molecular weight excluding hydrogens is 767 g/mol. The van der Waals surface area contributed by atoms with E-state index in [1.807, 2.05) is 11.3 Å². The van der Waals surface area contributed by atoms with Crippen molar-refractivity contribution in [2.75, 3.05) is 4.90 Å². The van der Waals surface area contributed by atoms with E-state index in [4.69, 9.17) is 0 Å². The molecule has 0 saturated carbocycles. The SMILES string of the molecule is c1ccc(-c2cccc3cccc(-c4ccc(N(c5cccc(-c6cccc7cccc(-c8ccccc8)c67)c5)c5cccc6c5ccc5sc7ccccc7c56)cc4)c23)cc1. The van der Waals surface area contributed by atoms with E-state index < -0.39 is 0 Å². The number of hydrogen-bond acceptors (Lipinski definition) is 2. The third-order valence-electron chi connectivity index (χ3n) is 12.4. The van der Waals surface area contributed by atoms with Gasteiger partial charge in [-0.25, -0.2) is 0 Å². The van der Waals surface area contributed by atoms with Gasteiger partial charge in [0.05, 0.1) is 5.69 Å². The van der Waals surface area contributed by atoms with Gasteiger partial charge in [-0.05, 0) is 114 Å². The van der Waals surface area contributed by atoms with Gasteiger partial charge in [-0.1, -0.05) is 194 Å². The minimum Gasteiger partial charge on any atom is -0.310 e. The molecule has 0 amide bonds. The standard InChI is InChI=1S/C60H39NS/c1-3-15-40(16-4-1)48-26-10-19-43-20-12-28-50(58(43)48)42-33-35-46(36-34-42)61(55-31-14-30-53-52(55)37-38-57-60(53)54-25-7-8-32-56(54)62-57)47-24-9-23-45(39-47)51-29-13-22-44-21-11-27-49(59(44)51)41-17-5-2-6-18-41/h1-39H. The van der Waals surface area contributed by atoms with Crippen LogP contribution in [0.3, 0.4) is 0 Å². The Morgan fingerprint density at radius 2 is 0.774 bits per heavy atom. The van der Waals surface area contributed by atoms with E-state index in [-0.39, 0.29) is 0 Å². The van der Waals surface area contributed by atoms with Crippen LogP contribution in [0.2, 0.25) is 0 Å². The quantitative estimate of drug-likeness (QED) is 0.155. The Morgan fingerprint density at radius 1 is 0.274 bits per heavy atom. The van der Waals surface area contributed by atoms with Crippen LogP contribution >= 0.6 is 11.3 Å². The first-order valence-corrected chi connectivity index (χ1v) is 22.1. The lowest BCUT2D eigenvalue weighted by molar-refractivity contribution is 1.30. The maximum Gasteiger partial charge on any atom is 0.0540 e. The number of thiophene rings is 1. The number of rotatable bonds is 7. The Morgan fingerprint density at radius 3 is 1.40 bits per heavy atom. The molecule has 1 heterocycles. The molecule has 0 aliphatic heterocycles. The highest BCUT2D eigenvalue weighted by molar-refractivity contribution is 7.26. The molecule has 0 bridgehead atoms. The molecule has 0 aliphatic rings. The molecule has 0 radical (unpaired) electrons. The monoisotopic (exact) mass is 805 g/mol. The number of anilines is 3. The molecule has 0 aliphatic carbocycles. The highest BCUT2D eigenvalue weighted by Crippen LogP contribution is 2.46. The van der Waals surface area contributed by atoms with Gasteiger partial charge in [-0.3, -0.25) is 0 Å². The Hall–Kier alpha value is -7.78. The smallest absolute Gasteiger partial charge is 0.0540 e. The summed E-state index contributed by atoms with van der Waals surface area (Å²) >= 11 is 1.87. The van der Waals surface area contributed by atoms with Crippen LogP contribution in [-0.2, 0) is 0 Å². The fourth-order valence-electron chi connectivity index (χ4n) is 9.67. The molecule has 0 atom stereocenters. The summed E-state index contributed by atoms with van der Waals surface area (Å²) in [6.07, 6.45) is 0. The van der Waals surface area contributed by atoms with Gasteiger partial charge in [0, 0.05) is 36.9 Å². The third-order valence-corrected chi connectivity index (χ3v) is 13.6. The van der Waals surface area contributed by atoms with Crippen LogP contribution in [0.1, 0.15) is 0 Å². The fraction of sp³-hybridized carbons (Fsp3) is 0. The Balaban J connectivity index is 1.06. The molecule has 12 aromatic rings. The van der Waals surface area contributed by atoms with Crippen LogP contribution < -0.4 is 4.90 Å². The van der Waals surface area contributed by atoms with Gasteiger partial charge in [0.2, 0.25) is 0 Å². The van der Waals surface area contributed by atoms with Crippen LogP contribution in [0.15, 0.2) is 237 Å². The summed E-state index contributed by atoms with van der Waals surface area (Å²) < 4.78 is 2.62. The van der Waals surface area contributed by atoms with Crippen molar-refractivity contribution < 1.29 is 0 Å². The maximum absolute atomic E-state index is 2.46. The summed E-state index contributed by atoms with van der Waals surface area (Å²) in [6, 6.07) is 86.7. The largest absolute Gasteiger partial charge is 0.310 e. The molecule has 0 fully saturated rings. The number of nitrogens with zero attached hydrogens (tertiary/aromatic N) is 1. The Labute approximate surface area is 365 Å². The van der Waals surface area contributed by atoms with Crippen molar-refractivity contribution in [3.05, 3.63) is 237 Å². The van der Waals surface area contributed by atoms with Crippen molar-refractivity contribution in [2.45, 2.75) is 0 Å². The average molecular weight is 806 g/mol. The average Bonchev–Trinajstić information content (AvgIpc) is 3.74. The summed E-state index contributed by atoms with van der Waals surface area (Å²) in [5.41, 5.74) is 13.1. The van der Waals surface area contributed by atoms with Gasteiger partial charge in [0.15, 0.2) is 0 Å². The van der Waals surface area contributed by atoms with Gasteiger partial charge < -0.3 is 4.90 Å². The van der Waals surface area contributed by atoms with Crippen molar-refractivity contribution in [2.24, 2.45) is 0 Å². The minimum absolute atomic E-state index is 1.10. The molecule has 0 N–H and O–H groups in total. The lowest BCUT2D eigenvalue weighted by Gasteiger charge is -2.28. The normalized spacial score (nSPS) is 11.5. The van der Waals surface area contributed by atoms with Gasteiger partial charge in [0.25, 0.3) is 0 Å². The predicted molar refractivity (Wildman–Crippen MR) is 268 cm³/mol. The number of benzene rings is 11. The van der Waals surface area contributed by atoms with Gasteiger partial charge in [0.1, 0.15) is 0 Å². The van der Waals surface area contributed by atoms with Gasteiger partial charge in [-0.2, -0.15) is 0 Å². The van der Waals surface area contributed by atoms with E-state index in [0.717, 1.165) is 17.1 Å². The van der Waals surface area contributed by atoms with E-state index in [2.05, 4.69) is 241 Å². The van der Waals surface area contributed by atoms with Crippen LogP contribution in [0.25, 0.3) is 97.0 Å². The fourth-order valence-corrected chi connectivity index (χ4v) is 10.8. The minimum atomic E-state index is 1.10. The van der Waals surface area contributed by atoms with Crippen molar-refractivity contribution in [1.82, 2.24) is 0 Å². The predicted octanol–water partition coefficient (Wildman–Crippen LogP) is 17.7. The van der Waals surface area contributed by atoms with Crippen molar-refractivity contribution in [3.8, 4) is 44.5 Å². The van der Waals surface area contributed by atoms with E-state index in [1.165, 1.54) is 97.0 Å². The first-order chi connectivity index (χ1) is 30.8. The van der Waals surface area contributed by atoms with Crippen LogP contribution in [0.5, 0.6) is 0 Å². The first-order valence-electron chi connectivity index (χ1n) is 21.3. The summed E-state index contributed by atoms with van der Waals surface area (Å²) in [5.74, 6) is 0. The molecule has 1 nitrogen and oxygen atoms in total. The highest BCUT2D eigenvalue weighted by atomic mass is 32.1. The zero-order valence-electron chi connectivity index (χ0n) is 33.9. The summed E-state index contributed by atoms with van der Waals surface area (Å²) in [5, 5.41) is 10.1. The first kappa shape index (κ1) is 36.1. The van der Waals surface area contributed by atoms with Gasteiger partial charge in [-0.15, -0.1) is 11.3 Å². The van der Waals surface area contributed by atoms with Crippen molar-refractivity contribution in [1.29, 1.82) is 0 Å². The third kappa shape index (κ3) is 6.07. The molecular formula is C60H39NS. The number of fused-ring (bicyclic) bond motifs is 7. The summed E-state index contributed by atoms with van der Waals surface area (Å²) in [4.78, 5) is 2.46. The van der Waals surface area contributed by atoms with E-state index in [9.17, 15) is 0 Å². The van der Waals surface area contributed by atoms with Crippen molar-refractivity contribution in [3.63, 3.8) is 0 Å². The molecule has 12 rings (SSSR count). The zero-order valence-corrected chi connectivity index (χ0v) is 34.7. The molecule has 11 aromatic carbocycles. The summed E-state index contributed by atoms with van der Waals surface area (Å²) in [7, 11) is 0. The lowest BCUT2D eigenvalue weighted by atomic mass is 9.91. The number of hydrogen-bond donors (Lipinski definition) is 0. The summed E-state index contributed by atoms with van der Waals surface area (Å²) in [6.45, 7) is 0. The topological polar surface area (TPSA) is 3.24 Å². The molecule has 290 valence electrons. The highest BCUT2D eigenvalue weighted by Gasteiger charge is 2.20. The molecule has 1 aromatic heterocycles. The molecule has 0 unspecified atom stereocenters. The second-order valence-electron chi connectivity index (χ2n) is 16.0. The maximum atomic E-state index is 2.46. The van der Waals surface area contributed by atoms with Crippen LogP contribution in [-0.4, -0.2) is 0 Å². The van der Waals surface area contributed by atoms with E-state index in [1.54, 1.807) is 0 Å². The van der Waals surface area contributed by atoms with Crippen molar-refractivity contribution >= 4 is 80.9 Å². The molecule has 2 heteroatoms. The second kappa shape index (κ2) is 15.0. The molecule has 0 saturated heterocycles. The van der Waals surface area contributed by atoms with Gasteiger partial charge >= 0.3 is 0 Å². The molecule has 0 spiro atoms. The zero-order chi connectivity index (χ0) is 41.0. The molecule has 62 heavy (non-hydrogen) atoms. The Bertz CT molecular complexity index is 3610.